The van der Waals surface area contributed by atoms with Crippen LogP contribution < -0.4 is 5.73 Å². The zero-order valence-corrected chi connectivity index (χ0v) is 12.3. The van der Waals surface area contributed by atoms with Crippen molar-refractivity contribution in [3.63, 3.8) is 0 Å². The van der Waals surface area contributed by atoms with Gasteiger partial charge in [0.1, 0.15) is 6.07 Å². The van der Waals surface area contributed by atoms with Crippen LogP contribution in [0.2, 0.25) is 0 Å². The van der Waals surface area contributed by atoms with Crippen molar-refractivity contribution in [3.05, 3.63) is 35.8 Å². The Kier molecular flexibility index (Phi) is 2.82. The van der Waals surface area contributed by atoms with Gasteiger partial charge in [-0.3, -0.25) is 4.98 Å². The average Bonchev–Trinajstić information content (AvgIpc) is 2.47. The lowest BCUT2D eigenvalue weighted by molar-refractivity contribution is -0.0308. The molecule has 0 atom stereocenters. The first-order valence-electron chi connectivity index (χ1n) is 8.01. The first-order chi connectivity index (χ1) is 10.2. The number of hydrogen-bond acceptors (Lipinski definition) is 3. The molecule has 0 saturated heterocycles. The van der Waals surface area contributed by atoms with Crippen molar-refractivity contribution in [1.82, 2.24) is 4.98 Å². The first-order valence-corrected chi connectivity index (χ1v) is 8.01. The molecule has 4 saturated carbocycles. The van der Waals surface area contributed by atoms with Gasteiger partial charge in [0.15, 0.2) is 0 Å². The number of pyridine rings is 1. The Bertz CT molecular complexity index is 588. The van der Waals surface area contributed by atoms with Crippen LogP contribution in [0.1, 0.15) is 44.1 Å². The van der Waals surface area contributed by atoms with Gasteiger partial charge < -0.3 is 5.73 Å². The van der Waals surface area contributed by atoms with Crippen LogP contribution in [0.25, 0.3) is 5.57 Å². The van der Waals surface area contributed by atoms with Crippen molar-refractivity contribution in [2.24, 2.45) is 28.9 Å². The summed E-state index contributed by atoms with van der Waals surface area (Å²) in [5.41, 5.74) is 9.05. The molecule has 1 aromatic heterocycles. The minimum absolute atomic E-state index is 0.0929. The number of nitrogens with zero attached hydrogens (tertiary/aromatic N) is 2. The van der Waals surface area contributed by atoms with Crippen LogP contribution in [0.4, 0.5) is 0 Å². The summed E-state index contributed by atoms with van der Waals surface area (Å²) in [7, 11) is 0. The topological polar surface area (TPSA) is 62.7 Å². The van der Waals surface area contributed by atoms with Gasteiger partial charge in [-0.15, -0.1) is 0 Å². The van der Waals surface area contributed by atoms with Crippen molar-refractivity contribution in [3.8, 4) is 6.07 Å². The van der Waals surface area contributed by atoms with Crippen LogP contribution in [0.3, 0.4) is 0 Å². The lowest BCUT2D eigenvalue weighted by Gasteiger charge is -2.57. The third kappa shape index (κ3) is 1.97. The van der Waals surface area contributed by atoms with Gasteiger partial charge in [-0.05, 0) is 62.3 Å². The fourth-order valence-corrected chi connectivity index (χ4v) is 5.50. The van der Waals surface area contributed by atoms with Crippen LogP contribution in [0, 0.1) is 34.5 Å². The monoisotopic (exact) mass is 279 g/mol. The van der Waals surface area contributed by atoms with Crippen molar-refractivity contribution < 1.29 is 0 Å². The Labute approximate surface area is 125 Å². The number of rotatable bonds is 2. The van der Waals surface area contributed by atoms with E-state index < -0.39 is 0 Å². The molecule has 0 radical (unpaired) electrons. The molecule has 0 aromatic carbocycles. The molecule has 1 heterocycles. The van der Waals surface area contributed by atoms with Crippen LogP contribution in [-0.2, 0) is 0 Å². The molecule has 4 aliphatic rings. The summed E-state index contributed by atoms with van der Waals surface area (Å²) in [4.78, 5) is 4.14. The smallest absolute Gasteiger partial charge is 0.102 e. The second-order valence-electron chi connectivity index (χ2n) is 7.34. The van der Waals surface area contributed by atoms with Crippen LogP contribution in [0.5, 0.6) is 0 Å². The maximum absolute atomic E-state index is 9.64. The van der Waals surface area contributed by atoms with E-state index in [2.05, 4.69) is 11.1 Å². The van der Waals surface area contributed by atoms with E-state index in [1.54, 1.807) is 12.4 Å². The summed E-state index contributed by atoms with van der Waals surface area (Å²) >= 11 is 0. The lowest BCUT2D eigenvalue weighted by Crippen LogP contribution is -2.48. The number of allylic oxidation sites excluding steroid dienone is 2. The van der Waals surface area contributed by atoms with Gasteiger partial charge in [0.05, 0.1) is 5.57 Å². The maximum atomic E-state index is 9.64. The molecule has 0 unspecified atom stereocenters. The summed E-state index contributed by atoms with van der Waals surface area (Å²) in [6.07, 6.45) is 11.2. The summed E-state index contributed by atoms with van der Waals surface area (Å²) in [5, 5.41) is 9.64. The van der Waals surface area contributed by atoms with E-state index in [9.17, 15) is 5.26 Å². The van der Waals surface area contributed by atoms with Crippen molar-refractivity contribution >= 4 is 5.57 Å². The van der Waals surface area contributed by atoms with E-state index in [-0.39, 0.29) is 5.41 Å². The van der Waals surface area contributed by atoms with Crippen LogP contribution in [-0.4, -0.2) is 4.98 Å². The summed E-state index contributed by atoms with van der Waals surface area (Å²) in [6.45, 7) is 0. The molecule has 21 heavy (non-hydrogen) atoms. The molecule has 4 aliphatic carbocycles. The van der Waals surface area contributed by atoms with Gasteiger partial charge in [0.2, 0.25) is 0 Å². The summed E-state index contributed by atoms with van der Waals surface area (Å²) in [6, 6.07) is 6.18. The lowest BCUT2D eigenvalue weighted by atomic mass is 9.48. The molecule has 0 amide bonds. The molecule has 1 aromatic rings. The Morgan fingerprint density at radius 1 is 1.19 bits per heavy atom. The quantitative estimate of drug-likeness (QED) is 0.843. The van der Waals surface area contributed by atoms with Crippen LogP contribution in [0.15, 0.2) is 30.2 Å². The number of nitriles is 1. The van der Waals surface area contributed by atoms with E-state index in [0.717, 1.165) is 29.0 Å². The standard InChI is InChI=1S/C18H21N3/c19-10-16(15-2-1-3-21-11-15)17(20)18-7-12-4-13(8-18)6-14(5-12)9-18/h1-3,11-14H,4-9,20H2/b17-16-. The average molecular weight is 279 g/mol. The highest BCUT2D eigenvalue weighted by atomic mass is 14.7. The molecule has 108 valence electrons. The summed E-state index contributed by atoms with van der Waals surface area (Å²) in [5.74, 6) is 2.51. The van der Waals surface area contributed by atoms with Crippen molar-refractivity contribution in [1.29, 1.82) is 5.26 Å². The SMILES string of the molecule is N#C/C(=C(/N)C12CC3CC(CC(C3)C1)C2)c1cccnc1. The van der Waals surface area contributed by atoms with Gasteiger partial charge in [0.25, 0.3) is 0 Å². The van der Waals surface area contributed by atoms with Gasteiger partial charge in [-0.25, -0.2) is 0 Å². The highest BCUT2D eigenvalue weighted by Gasteiger charge is 2.52. The highest BCUT2D eigenvalue weighted by molar-refractivity contribution is 5.79. The minimum Gasteiger partial charge on any atom is -0.400 e. The molecule has 2 N–H and O–H groups in total. The van der Waals surface area contributed by atoms with Crippen molar-refractivity contribution in [2.45, 2.75) is 38.5 Å². The molecule has 4 bridgehead atoms. The van der Waals surface area contributed by atoms with E-state index in [1.165, 1.54) is 38.5 Å². The third-order valence-electron chi connectivity index (χ3n) is 5.94. The molecule has 3 heteroatoms. The second kappa shape index (κ2) is 4.59. The van der Waals surface area contributed by atoms with Crippen molar-refractivity contribution in [2.75, 3.05) is 0 Å². The Morgan fingerprint density at radius 2 is 1.81 bits per heavy atom. The molecular formula is C18H21N3. The fraction of sp³-hybridized carbons (Fsp3) is 0.556. The van der Waals surface area contributed by atoms with Gasteiger partial charge in [-0.2, -0.15) is 5.26 Å². The van der Waals surface area contributed by atoms with Crippen LogP contribution >= 0.6 is 0 Å². The Balaban J connectivity index is 1.78. The molecule has 5 rings (SSSR count). The van der Waals surface area contributed by atoms with Gasteiger partial charge in [-0.1, -0.05) is 6.07 Å². The first kappa shape index (κ1) is 12.9. The van der Waals surface area contributed by atoms with E-state index in [4.69, 9.17) is 5.73 Å². The predicted molar refractivity (Wildman–Crippen MR) is 81.6 cm³/mol. The van der Waals surface area contributed by atoms with Gasteiger partial charge in [0, 0.05) is 29.1 Å². The molecule has 3 nitrogen and oxygen atoms in total. The second-order valence-corrected chi connectivity index (χ2v) is 7.34. The largest absolute Gasteiger partial charge is 0.400 e. The number of nitrogens with two attached hydrogens (primary N) is 1. The number of aromatic nitrogens is 1. The zero-order valence-electron chi connectivity index (χ0n) is 12.3. The molecular weight excluding hydrogens is 258 g/mol. The fourth-order valence-electron chi connectivity index (χ4n) is 5.50. The highest BCUT2D eigenvalue weighted by Crippen LogP contribution is 2.62. The number of hydrogen-bond donors (Lipinski definition) is 1. The van der Waals surface area contributed by atoms with E-state index in [1.807, 2.05) is 12.1 Å². The Morgan fingerprint density at radius 3 is 2.29 bits per heavy atom. The molecule has 0 spiro atoms. The van der Waals surface area contributed by atoms with Gasteiger partial charge >= 0.3 is 0 Å². The summed E-state index contributed by atoms with van der Waals surface area (Å²) < 4.78 is 0. The van der Waals surface area contributed by atoms with E-state index in [0.29, 0.717) is 5.57 Å². The molecule has 0 aliphatic heterocycles. The normalized spacial score (nSPS) is 38.0. The van der Waals surface area contributed by atoms with E-state index >= 15 is 0 Å². The minimum atomic E-state index is 0.0929. The zero-order chi connectivity index (χ0) is 14.4. The third-order valence-corrected chi connectivity index (χ3v) is 5.94. The Hall–Kier alpha value is -1.82. The maximum Gasteiger partial charge on any atom is 0.102 e. The molecule has 4 fully saturated rings. The predicted octanol–water partition coefficient (Wildman–Crippen LogP) is 3.49.